The monoisotopic (exact) mass is 222 g/mol. The third kappa shape index (κ3) is 3.85. The van der Waals surface area contributed by atoms with Crippen LogP contribution < -0.4 is 4.74 Å². The summed E-state index contributed by atoms with van der Waals surface area (Å²) in [5, 5.41) is 0.757. The fourth-order valence-electron chi connectivity index (χ4n) is 1.27. The van der Waals surface area contributed by atoms with Crippen molar-refractivity contribution in [1.29, 1.82) is 0 Å². The second kappa shape index (κ2) is 6.37. The van der Waals surface area contributed by atoms with Crippen LogP contribution in [0.3, 0.4) is 0 Å². The Labute approximate surface area is 96.4 Å². The zero-order valence-electron chi connectivity index (χ0n) is 9.14. The summed E-state index contributed by atoms with van der Waals surface area (Å²) < 4.78 is 5.08. The van der Waals surface area contributed by atoms with E-state index in [1.54, 1.807) is 7.11 Å². The molecule has 1 nitrogen and oxygen atoms in total. The number of hydrogen-bond donors (Lipinski definition) is 0. The lowest BCUT2D eigenvalue weighted by Crippen LogP contribution is -1.88. The Hall–Kier alpha value is -1.13. The molecule has 0 aliphatic carbocycles. The van der Waals surface area contributed by atoms with Gasteiger partial charge in [-0.2, -0.15) is 0 Å². The molecule has 80 valence electrons. The Morgan fingerprint density at radius 1 is 1.33 bits per heavy atom. The molecule has 0 aliphatic rings. The van der Waals surface area contributed by atoms with Gasteiger partial charge in [0, 0.05) is 17.9 Å². The Bertz CT molecular complexity index is 374. The van der Waals surface area contributed by atoms with Crippen LogP contribution in [0.25, 0.3) is 0 Å². The number of halogens is 1. The van der Waals surface area contributed by atoms with Crippen LogP contribution in [0.15, 0.2) is 18.2 Å². The number of methoxy groups -OCH3 is 1. The zero-order chi connectivity index (χ0) is 11.1. The quantitative estimate of drug-likeness (QED) is 0.709. The van der Waals surface area contributed by atoms with E-state index in [0.717, 1.165) is 35.6 Å². The van der Waals surface area contributed by atoms with Crippen molar-refractivity contribution in [2.24, 2.45) is 0 Å². The average molecular weight is 223 g/mol. The maximum absolute atomic E-state index is 6.09. The molecule has 0 fully saturated rings. The Kier molecular flexibility index (Phi) is 5.07. The van der Waals surface area contributed by atoms with Crippen LogP contribution >= 0.6 is 11.6 Å². The molecule has 2 heteroatoms. The zero-order valence-corrected chi connectivity index (χ0v) is 9.90. The highest BCUT2D eigenvalue weighted by Gasteiger charge is 2.00. The average Bonchev–Trinajstić information content (AvgIpc) is 2.26. The van der Waals surface area contributed by atoms with Gasteiger partial charge in [0.2, 0.25) is 0 Å². The van der Waals surface area contributed by atoms with Crippen molar-refractivity contribution in [3.63, 3.8) is 0 Å². The van der Waals surface area contributed by atoms with Gasteiger partial charge in [-0.15, -0.1) is 11.8 Å². The van der Waals surface area contributed by atoms with E-state index >= 15 is 0 Å². The summed E-state index contributed by atoms with van der Waals surface area (Å²) in [6.45, 7) is 2.05. The molecule has 0 unspecified atom stereocenters. The minimum atomic E-state index is 0.757. The van der Waals surface area contributed by atoms with E-state index in [4.69, 9.17) is 16.3 Å². The van der Waals surface area contributed by atoms with Gasteiger partial charge in [-0.1, -0.05) is 24.6 Å². The third-order valence-corrected chi connectivity index (χ3v) is 2.43. The van der Waals surface area contributed by atoms with Gasteiger partial charge in [-0.05, 0) is 24.1 Å². The van der Waals surface area contributed by atoms with Gasteiger partial charge in [0.05, 0.1) is 7.11 Å². The molecule has 0 atom stereocenters. The molecule has 0 amide bonds. The Balaban J connectivity index is 2.62. The van der Waals surface area contributed by atoms with Gasteiger partial charge in [-0.25, -0.2) is 0 Å². The maximum Gasteiger partial charge on any atom is 0.120 e. The first-order valence-electron chi connectivity index (χ1n) is 5.06. The molecular formula is C13H15ClO. The fourth-order valence-corrected chi connectivity index (χ4v) is 1.53. The molecule has 0 aliphatic heterocycles. The standard InChI is InChI=1S/C13H15ClO/c1-3-4-5-6-7-11-8-9-12(15-2)10-13(11)14/h8-10H,3,6-7H2,1-2H3. The van der Waals surface area contributed by atoms with Crippen molar-refractivity contribution in [2.45, 2.75) is 26.2 Å². The molecule has 15 heavy (non-hydrogen) atoms. The maximum atomic E-state index is 6.09. The van der Waals surface area contributed by atoms with Crippen LogP contribution in [0.2, 0.25) is 5.02 Å². The lowest BCUT2D eigenvalue weighted by molar-refractivity contribution is 0.414. The molecule has 1 rings (SSSR count). The van der Waals surface area contributed by atoms with Crippen molar-refractivity contribution in [2.75, 3.05) is 7.11 Å². The summed E-state index contributed by atoms with van der Waals surface area (Å²) in [4.78, 5) is 0. The molecule has 0 saturated carbocycles. The predicted octanol–water partition coefficient (Wildman–Crippen LogP) is 3.69. The number of ether oxygens (including phenoxy) is 1. The smallest absolute Gasteiger partial charge is 0.120 e. The number of hydrogen-bond acceptors (Lipinski definition) is 1. The Morgan fingerprint density at radius 2 is 2.13 bits per heavy atom. The normalized spacial score (nSPS) is 9.27. The summed E-state index contributed by atoms with van der Waals surface area (Å²) in [5.74, 6) is 6.94. The van der Waals surface area contributed by atoms with E-state index < -0.39 is 0 Å². The van der Waals surface area contributed by atoms with Crippen LogP contribution in [0.1, 0.15) is 25.3 Å². The first-order valence-corrected chi connectivity index (χ1v) is 5.44. The second-order valence-electron chi connectivity index (χ2n) is 3.16. The third-order valence-electron chi connectivity index (χ3n) is 2.08. The van der Waals surface area contributed by atoms with E-state index in [-0.39, 0.29) is 0 Å². The summed E-state index contributed by atoms with van der Waals surface area (Å²) >= 11 is 6.09. The molecule has 0 radical (unpaired) electrons. The summed E-state index contributed by atoms with van der Waals surface area (Å²) in [6, 6.07) is 5.76. The summed E-state index contributed by atoms with van der Waals surface area (Å²) in [5.41, 5.74) is 1.13. The SMILES string of the molecule is CCC#CCCc1ccc(OC)cc1Cl. The molecular weight excluding hydrogens is 208 g/mol. The van der Waals surface area contributed by atoms with E-state index in [1.165, 1.54) is 0 Å². The molecule has 0 spiro atoms. The topological polar surface area (TPSA) is 9.23 Å². The number of rotatable bonds is 3. The lowest BCUT2D eigenvalue weighted by atomic mass is 10.1. The van der Waals surface area contributed by atoms with Crippen molar-refractivity contribution in [3.8, 4) is 17.6 Å². The van der Waals surface area contributed by atoms with Crippen molar-refractivity contribution >= 4 is 11.6 Å². The molecule has 0 bridgehead atoms. The van der Waals surface area contributed by atoms with Crippen LogP contribution in [-0.2, 0) is 6.42 Å². The van der Waals surface area contributed by atoms with Crippen LogP contribution in [0, 0.1) is 11.8 Å². The van der Waals surface area contributed by atoms with Crippen molar-refractivity contribution in [1.82, 2.24) is 0 Å². The van der Waals surface area contributed by atoms with E-state index in [2.05, 4.69) is 11.8 Å². The first-order chi connectivity index (χ1) is 7.27. The van der Waals surface area contributed by atoms with Crippen molar-refractivity contribution in [3.05, 3.63) is 28.8 Å². The van der Waals surface area contributed by atoms with E-state index in [9.17, 15) is 0 Å². The highest BCUT2D eigenvalue weighted by atomic mass is 35.5. The van der Waals surface area contributed by atoms with Crippen LogP contribution in [0.5, 0.6) is 5.75 Å². The van der Waals surface area contributed by atoms with E-state index in [1.807, 2.05) is 25.1 Å². The van der Waals surface area contributed by atoms with Crippen molar-refractivity contribution < 1.29 is 4.74 Å². The first kappa shape index (κ1) is 11.9. The minimum absolute atomic E-state index is 0.757. The minimum Gasteiger partial charge on any atom is -0.497 e. The van der Waals surface area contributed by atoms with Gasteiger partial charge < -0.3 is 4.74 Å². The van der Waals surface area contributed by atoms with Crippen LogP contribution in [0.4, 0.5) is 0 Å². The van der Waals surface area contributed by atoms with Gasteiger partial charge in [0.15, 0.2) is 0 Å². The molecule has 0 saturated heterocycles. The molecule has 0 aromatic heterocycles. The highest BCUT2D eigenvalue weighted by molar-refractivity contribution is 6.31. The highest BCUT2D eigenvalue weighted by Crippen LogP contribution is 2.23. The van der Waals surface area contributed by atoms with Crippen LogP contribution in [-0.4, -0.2) is 7.11 Å². The summed E-state index contributed by atoms with van der Waals surface area (Å²) in [7, 11) is 1.64. The van der Waals surface area contributed by atoms with E-state index in [0.29, 0.717) is 0 Å². The molecule has 0 heterocycles. The second-order valence-corrected chi connectivity index (χ2v) is 3.57. The Morgan fingerprint density at radius 3 is 2.73 bits per heavy atom. The fraction of sp³-hybridized carbons (Fsp3) is 0.385. The molecule has 1 aromatic carbocycles. The van der Waals surface area contributed by atoms with Gasteiger partial charge in [0.25, 0.3) is 0 Å². The van der Waals surface area contributed by atoms with Gasteiger partial charge >= 0.3 is 0 Å². The number of aryl methyl sites for hydroxylation is 1. The molecule has 0 N–H and O–H groups in total. The predicted molar refractivity (Wildman–Crippen MR) is 64.4 cm³/mol. The van der Waals surface area contributed by atoms with Gasteiger partial charge in [0.1, 0.15) is 5.75 Å². The number of benzene rings is 1. The lowest BCUT2D eigenvalue weighted by Gasteiger charge is -2.04. The largest absolute Gasteiger partial charge is 0.497 e. The molecule has 1 aromatic rings. The van der Waals surface area contributed by atoms with Gasteiger partial charge in [-0.3, -0.25) is 0 Å². The summed E-state index contributed by atoms with van der Waals surface area (Å²) in [6.07, 6.45) is 2.67.